The third-order valence-electron chi connectivity index (χ3n) is 1.08. The summed E-state index contributed by atoms with van der Waals surface area (Å²) in [7, 11) is 0. The van der Waals surface area contributed by atoms with Crippen molar-refractivity contribution in [1.29, 1.82) is 0 Å². The van der Waals surface area contributed by atoms with E-state index >= 15 is 0 Å². The van der Waals surface area contributed by atoms with Gasteiger partial charge in [0.05, 0.1) is 0 Å². The molecule has 1 aliphatic rings. The number of hydrogen-bond donors (Lipinski definition) is 1. The Balaban J connectivity index is 2.80. The molecule has 0 radical (unpaired) electrons. The van der Waals surface area contributed by atoms with Crippen LogP contribution >= 0.6 is 0 Å². The predicted octanol–water partition coefficient (Wildman–Crippen LogP) is -1.96. The lowest BCUT2D eigenvalue weighted by Gasteiger charge is -2.13. The third-order valence-corrected chi connectivity index (χ3v) is 1.08. The van der Waals surface area contributed by atoms with Crippen molar-refractivity contribution in [2.24, 2.45) is 0 Å². The fourth-order valence-corrected chi connectivity index (χ4v) is 0.548. The summed E-state index contributed by atoms with van der Waals surface area (Å²) in [6.45, 7) is -0.413. The molecule has 1 unspecified atom stereocenters. The molecule has 1 heterocycles. The van der Waals surface area contributed by atoms with Gasteiger partial charge in [0.1, 0.15) is 6.61 Å². The maximum absolute atomic E-state index is 10.4. The topological polar surface area (TPSA) is 80.7 Å². The Morgan fingerprint density at radius 1 is 1.40 bits per heavy atom. The van der Waals surface area contributed by atoms with Gasteiger partial charge in [-0.3, -0.25) is 9.59 Å². The zero-order valence-electron chi connectivity index (χ0n) is 4.86. The quantitative estimate of drug-likeness (QED) is 0.315. The summed E-state index contributed by atoms with van der Waals surface area (Å²) < 4.78 is 4.11. The van der Waals surface area contributed by atoms with Gasteiger partial charge in [-0.1, -0.05) is 0 Å². The van der Waals surface area contributed by atoms with Crippen molar-refractivity contribution in [3.8, 4) is 0 Å². The van der Waals surface area contributed by atoms with Crippen LogP contribution in [0.5, 0.6) is 0 Å². The van der Waals surface area contributed by atoms with Crippen LogP contribution < -0.4 is 0 Å². The number of aliphatic hydroxyl groups is 1. The number of carbonyl (C=O) groups is 3. The molecule has 10 heavy (non-hydrogen) atoms. The number of Topliss-reactive ketones (excluding diaryl/α,β-unsaturated/α-hetero) is 2. The third kappa shape index (κ3) is 0.906. The number of hydrogen-bond acceptors (Lipinski definition) is 5. The first-order valence-corrected chi connectivity index (χ1v) is 2.56. The smallest absolute Gasteiger partial charge is 0.383 e. The zero-order valence-corrected chi connectivity index (χ0v) is 4.86. The van der Waals surface area contributed by atoms with Crippen LogP contribution in [0.2, 0.25) is 0 Å². The summed E-state index contributed by atoms with van der Waals surface area (Å²) in [4.78, 5) is 31.0. The highest BCUT2D eigenvalue weighted by Gasteiger charge is 2.35. The van der Waals surface area contributed by atoms with E-state index < -0.39 is 30.2 Å². The number of aliphatic hydroxyl groups excluding tert-OH is 1. The van der Waals surface area contributed by atoms with Gasteiger partial charge in [-0.2, -0.15) is 0 Å². The van der Waals surface area contributed by atoms with Gasteiger partial charge < -0.3 is 9.84 Å². The number of esters is 1. The Morgan fingerprint density at radius 2 is 2.00 bits per heavy atom. The van der Waals surface area contributed by atoms with E-state index in [-0.39, 0.29) is 0 Å². The molecule has 5 nitrogen and oxygen atoms in total. The summed E-state index contributed by atoms with van der Waals surface area (Å²) in [5.74, 6) is -3.55. The Morgan fingerprint density at radius 3 is 2.50 bits per heavy atom. The van der Waals surface area contributed by atoms with E-state index in [4.69, 9.17) is 5.11 Å². The number of cyclic esters (lactones) is 1. The molecule has 0 spiro atoms. The molecule has 0 saturated carbocycles. The first-order chi connectivity index (χ1) is 4.63. The van der Waals surface area contributed by atoms with Crippen molar-refractivity contribution in [3.63, 3.8) is 0 Å². The van der Waals surface area contributed by atoms with E-state index in [1.54, 1.807) is 0 Å². The van der Waals surface area contributed by atoms with Crippen LogP contribution in [0.4, 0.5) is 0 Å². The second-order valence-electron chi connectivity index (χ2n) is 1.81. The standard InChI is InChI=1S/C5H4O5/c6-2-1-10-5(9)4(8)3(2)7/h2,6H,1H2. The van der Waals surface area contributed by atoms with E-state index in [2.05, 4.69) is 4.74 Å². The minimum Gasteiger partial charge on any atom is -0.456 e. The molecule has 0 amide bonds. The average molecular weight is 144 g/mol. The number of ketones is 2. The minimum atomic E-state index is -1.47. The average Bonchev–Trinajstić information content (AvgIpc) is 1.93. The molecule has 1 aliphatic heterocycles. The highest BCUT2D eigenvalue weighted by molar-refractivity contribution is 6.63. The van der Waals surface area contributed by atoms with Gasteiger partial charge in [0.25, 0.3) is 0 Å². The van der Waals surface area contributed by atoms with Crippen molar-refractivity contribution in [3.05, 3.63) is 0 Å². The van der Waals surface area contributed by atoms with Crippen LogP contribution in [0.3, 0.4) is 0 Å². The molecule has 0 aromatic heterocycles. The van der Waals surface area contributed by atoms with Crippen LogP contribution in [0.15, 0.2) is 0 Å². The molecule has 1 fully saturated rings. The molecule has 1 N–H and O–H groups in total. The van der Waals surface area contributed by atoms with E-state index in [0.29, 0.717) is 0 Å². The lowest BCUT2D eigenvalue weighted by atomic mass is 10.1. The van der Waals surface area contributed by atoms with Crippen molar-refractivity contribution >= 4 is 17.5 Å². The van der Waals surface area contributed by atoms with E-state index in [9.17, 15) is 14.4 Å². The van der Waals surface area contributed by atoms with E-state index in [1.807, 2.05) is 0 Å². The van der Waals surface area contributed by atoms with Gasteiger partial charge >= 0.3 is 11.8 Å². The van der Waals surface area contributed by atoms with E-state index in [1.165, 1.54) is 0 Å². The molecule has 0 aromatic rings. The van der Waals surface area contributed by atoms with Crippen molar-refractivity contribution < 1.29 is 24.2 Å². The van der Waals surface area contributed by atoms with Crippen molar-refractivity contribution in [2.45, 2.75) is 6.10 Å². The molecular weight excluding hydrogens is 140 g/mol. The molecule has 1 saturated heterocycles. The number of ether oxygens (including phenoxy) is 1. The van der Waals surface area contributed by atoms with Gasteiger partial charge in [-0.05, 0) is 0 Å². The van der Waals surface area contributed by atoms with Gasteiger partial charge in [0.15, 0.2) is 6.10 Å². The Bertz CT molecular complexity index is 206. The number of rotatable bonds is 0. The largest absolute Gasteiger partial charge is 0.456 e. The van der Waals surface area contributed by atoms with E-state index in [0.717, 1.165) is 0 Å². The number of carbonyl (C=O) groups excluding carboxylic acids is 3. The fraction of sp³-hybridized carbons (Fsp3) is 0.400. The molecule has 54 valence electrons. The zero-order chi connectivity index (χ0) is 7.72. The van der Waals surface area contributed by atoms with Crippen LogP contribution in [0.1, 0.15) is 0 Å². The summed E-state index contributed by atoms with van der Waals surface area (Å²) >= 11 is 0. The van der Waals surface area contributed by atoms with Crippen LogP contribution in [-0.2, 0) is 19.1 Å². The van der Waals surface area contributed by atoms with Gasteiger partial charge in [0, 0.05) is 0 Å². The SMILES string of the molecule is O=C1OCC(O)C(=O)C1=O. The summed E-state index contributed by atoms with van der Waals surface area (Å²) in [5.41, 5.74) is 0. The molecular formula is C5H4O5. The predicted molar refractivity (Wildman–Crippen MR) is 27.0 cm³/mol. The summed E-state index contributed by atoms with van der Waals surface area (Å²) in [6.07, 6.45) is -1.47. The first-order valence-electron chi connectivity index (χ1n) is 2.56. The fourth-order valence-electron chi connectivity index (χ4n) is 0.548. The van der Waals surface area contributed by atoms with Crippen LogP contribution in [-0.4, -0.2) is 35.4 Å². The second kappa shape index (κ2) is 2.18. The van der Waals surface area contributed by atoms with Gasteiger partial charge in [-0.25, -0.2) is 4.79 Å². The first kappa shape index (κ1) is 6.88. The monoisotopic (exact) mass is 144 g/mol. The maximum atomic E-state index is 10.4. The van der Waals surface area contributed by atoms with Gasteiger partial charge in [0.2, 0.25) is 5.78 Å². The molecule has 0 bridgehead atoms. The Kier molecular flexibility index (Phi) is 1.50. The lowest BCUT2D eigenvalue weighted by Crippen LogP contribution is -2.43. The Labute approximate surface area is 55.6 Å². The molecule has 0 aliphatic carbocycles. The maximum Gasteiger partial charge on any atom is 0.383 e. The second-order valence-corrected chi connectivity index (χ2v) is 1.81. The summed E-state index contributed by atoms with van der Waals surface area (Å²) in [5, 5.41) is 8.62. The molecule has 1 rings (SSSR count). The normalized spacial score (nSPS) is 26.5. The summed E-state index contributed by atoms with van der Waals surface area (Å²) in [6, 6.07) is 0. The molecule has 0 aromatic carbocycles. The molecule has 1 atom stereocenters. The highest BCUT2D eigenvalue weighted by Crippen LogP contribution is 1.99. The van der Waals surface area contributed by atoms with Crippen molar-refractivity contribution in [2.75, 3.05) is 6.61 Å². The van der Waals surface area contributed by atoms with Gasteiger partial charge in [-0.15, -0.1) is 0 Å². The lowest BCUT2D eigenvalue weighted by molar-refractivity contribution is -0.167. The van der Waals surface area contributed by atoms with Crippen LogP contribution in [0.25, 0.3) is 0 Å². The van der Waals surface area contributed by atoms with Crippen LogP contribution in [0, 0.1) is 0 Å². The van der Waals surface area contributed by atoms with Crippen molar-refractivity contribution in [1.82, 2.24) is 0 Å². The molecule has 5 heteroatoms. The minimum absolute atomic E-state index is 0.413. The Hall–Kier alpha value is -1.23. The highest BCUT2D eigenvalue weighted by atomic mass is 16.6.